The number of aliphatic carboxylic acids is 1. The predicted molar refractivity (Wildman–Crippen MR) is 72.2 cm³/mol. The van der Waals surface area contributed by atoms with Crippen molar-refractivity contribution < 1.29 is 9.90 Å². The minimum absolute atomic E-state index is 0.622. The van der Waals surface area contributed by atoms with E-state index in [0.717, 1.165) is 16.7 Å². The van der Waals surface area contributed by atoms with Crippen LogP contribution in [0.1, 0.15) is 11.1 Å². The molecule has 0 heterocycles. The highest BCUT2D eigenvalue weighted by Gasteiger charge is 2.05. The Morgan fingerprint density at radius 1 is 0.944 bits per heavy atom. The van der Waals surface area contributed by atoms with Crippen LogP contribution in [0.2, 0.25) is 0 Å². The van der Waals surface area contributed by atoms with Gasteiger partial charge in [0, 0.05) is 6.08 Å². The lowest BCUT2D eigenvalue weighted by Gasteiger charge is -2.07. The summed E-state index contributed by atoms with van der Waals surface area (Å²) in [5.74, 6) is -0.912. The topological polar surface area (TPSA) is 37.3 Å². The summed E-state index contributed by atoms with van der Waals surface area (Å²) in [7, 11) is 0. The van der Waals surface area contributed by atoms with E-state index in [9.17, 15) is 4.79 Å². The Balaban J connectivity index is 2.31. The van der Waals surface area contributed by atoms with Gasteiger partial charge in [0.25, 0.3) is 0 Å². The highest BCUT2D eigenvalue weighted by molar-refractivity contribution is 5.90. The van der Waals surface area contributed by atoms with Gasteiger partial charge < -0.3 is 5.11 Å². The fraction of sp³-hybridized carbons (Fsp3) is 0.0625. The van der Waals surface area contributed by atoms with Crippen LogP contribution in [0.4, 0.5) is 0 Å². The van der Waals surface area contributed by atoms with Gasteiger partial charge in [-0.1, -0.05) is 60.7 Å². The second kappa shape index (κ2) is 5.82. The molecule has 0 aliphatic carbocycles. The molecule has 0 spiro atoms. The largest absolute Gasteiger partial charge is 0.478 e. The molecule has 2 rings (SSSR count). The van der Waals surface area contributed by atoms with Gasteiger partial charge in [0.1, 0.15) is 0 Å². The summed E-state index contributed by atoms with van der Waals surface area (Å²) < 4.78 is 0. The first-order valence-corrected chi connectivity index (χ1v) is 5.78. The molecule has 0 aromatic heterocycles. The van der Waals surface area contributed by atoms with Crippen LogP contribution < -0.4 is 0 Å². The maximum atomic E-state index is 10.9. The van der Waals surface area contributed by atoms with Crippen molar-refractivity contribution in [1.82, 2.24) is 0 Å². The Morgan fingerprint density at radius 2 is 1.50 bits per heavy atom. The number of hydrogen-bond acceptors (Lipinski definition) is 1. The first-order chi connectivity index (χ1) is 8.75. The molecule has 18 heavy (non-hydrogen) atoms. The first-order valence-electron chi connectivity index (χ1n) is 5.78. The first kappa shape index (κ1) is 12.1. The zero-order valence-electron chi connectivity index (χ0n) is 9.91. The van der Waals surface area contributed by atoms with Gasteiger partial charge in [-0.2, -0.15) is 0 Å². The lowest BCUT2D eigenvalue weighted by atomic mass is 9.98. The molecule has 0 radical (unpaired) electrons. The minimum Gasteiger partial charge on any atom is -0.478 e. The van der Waals surface area contributed by atoms with Gasteiger partial charge in [-0.3, -0.25) is 0 Å². The van der Waals surface area contributed by atoms with Crippen molar-refractivity contribution in [3.05, 3.63) is 77.9 Å². The van der Waals surface area contributed by atoms with E-state index in [1.54, 1.807) is 0 Å². The monoisotopic (exact) mass is 238 g/mol. The summed E-state index contributed by atoms with van der Waals surface area (Å²) in [5, 5.41) is 8.95. The molecule has 0 bridgehead atoms. The molecule has 2 nitrogen and oxygen atoms in total. The van der Waals surface area contributed by atoms with E-state index in [1.165, 1.54) is 6.08 Å². The maximum Gasteiger partial charge on any atom is 0.328 e. The average Bonchev–Trinajstić information content (AvgIpc) is 2.40. The Bertz CT molecular complexity index is 542. The third-order valence-electron chi connectivity index (χ3n) is 2.68. The van der Waals surface area contributed by atoms with Crippen molar-refractivity contribution in [1.29, 1.82) is 0 Å². The summed E-state index contributed by atoms with van der Waals surface area (Å²) in [6.45, 7) is 0. The molecular weight excluding hydrogens is 224 g/mol. The molecule has 0 saturated carbocycles. The molecule has 0 fully saturated rings. The number of rotatable bonds is 4. The fourth-order valence-electron chi connectivity index (χ4n) is 1.85. The van der Waals surface area contributed by atoms with E-state index in [2.05, 4.69) is 0 Å². The highest BCUT2D eigenvalue weighted by atomic mass is 16.4. The van der Waals surface area contributed by atoms with E-state index in [-0.39, 0.29) is 0 Å². The zero-order valence-corrected chi connectivity index (χ0v) is 9.91. The van der Waals surface area contributed by atoms with Crippen LogP contribution in [0.5, 0.6) is 0 Å². The molecule has 0 saturated heterocycles. The molecule has 2 heteroatoms. The third kappa shape index (κ3) is 3.32. The van der Waals surface area contributed by atoms with Crippen LogP contribution in [-0.4, -0.2) is 11.1 Å². The van der Waals surface area contributed by atoms with E-state index in [4.69, 9.17) is 5.11 Å². The van der Waals surface area contributed by atoms with Gasteiger partial charge in [0.2, 0.25) is 0 Å². The zero-order chi connectivity index (χ0) is 12.8. The van der Waals surface area contributed by atoms with Crippen molar-refractivity contribution in [2.45, 2.75) is 6.42 Å². The van der Waals surface area contributed by atoms with Crippen LogP contribution in [0.15, 0.2) is 66.7 Å². The number of carbonyl (C=O) groups is 1. The summed E-state index contributed by atoms with van der Waals surface area (Å²) >= 11 is 0. The summed E-state index contributed by atoms with van der Waals surface area (Å²) in [6, 6.07) is 19.5. The Kier molecular flexibility index (Phi) is 3.92. The van der Waals surface area contributed by atoms with Crippen molar-refractivity contribution in [3.8, 4) is 0 Å². The van der Waals surface area contributed by atoms with E-state index < -0.39 is 5.97 Å². The number of carboxylic acid groups (broad SMARTS) is 1. The second-order valence-electron chi connectivity index (χ2n) is 4.04. The normalized spacial score (nSPS) is 11.2. The van der Waals surface area contributed by atoms with Crippen molar-refractivity contribution in [3.63, 3.8) is 0 Å². The highest BCUT2D eigenvalue weighted by Crippen LogP contribution is 2.19. The van der Waals surface area contributed by atoms with Crippen LogP contribution >= 0.6 is 0 Å². The molecule has 0 unspecified atom stereocenters. The standard InChI is InChI=1S/C16H14O2/c17-16(18)12-15(14-9-5-2-6-10-14)11-13-7-3-1-4-8-13/h1-10,12H,11H2,(H,17,18)/b15-12+. The lowest BCUT2D eigenvalue weighted by Crippen LogP contribution is -1.96. The van der Waals surface area contributed by atoms with Gasteiger partial charge >= 0.3 is 5.97 Å². The van der Waals surface area contributed by atoms with E-state index >= 15 is 0 Å². The predicted octanol–water partition coefficient (Wildman–Crippen LogP) is 3.40. The number of allylic oxidation sites excluding steroid dienone is 1. The second-order valence-corrected chi connectivity index (χ2v) is 4.04. The van der Waals surface area contributed by atoms with Crippen LogP contribution in [0, 0.1) is 0 Å². The molecule has 0 amide bonds. The molecule has 0 atom stereocenters. The van der Waals surface area contributed by atoms with Gasteiger partial charge in [-0.05, 0) is 23.1 Å². The fourth-order valence-corrected chi connectivity index (χ4v) is 1.85. The molecule has 2 aromatic rings. The summed E-state index contributed by atoms with van der Waals surface area (Å²) in [6.07, 6.45) is 1.90. The van der Waals surface area contributed by atoms with Crippen molar-refractivity contribution in [2.75, 3.05) is 0 Å². The van der Waals surface area contributed by atoms with Crippen LogP contribution in [0.25, 0.3) is 5.57 Å². The summed E-state index contributed by atoms with van der Waals surface area (Å²) in [4.78, 5) is 10.9. The Hall–Kier alpha value is -2.35. The average molecular weight is 238 g/mol. The SMILES string of the molecule is O=C(O)/C=C(\Cc1ccccc1)c1ccccc1. The van der Waals surface area contributed by atoms with Crippen LogP contribution in [0.3, 0.4) is 0 Å². The third-order valence-corrected chi connectivity index (χ3v) is 2.68. The minimum atomic E-state index is -0.912. The number of hydrogen-bond donors (Lipinski definition) is 1. The maximum absolute atomic E-state index is 10.9. The Labute approximate surface area is 106 Å². The van der Waals surface area contributed by atoms with Gasteiger partial charge in [0.15, 0.2) is 0 Å². The van der Waals surface area contributed by atoms with Crippen molar-refractivity contribution in [2.24, 2.45) is 0 Å². The van der Waals surface area contributed by atoms with Gasteiger partial charge in [0.05, 0.1) is 0 Å². The van der Waals surface area contributed by atoms with Gasteiger partial charge in [-0.15, -0.1) is 0 Å². The molecule has 90 valence electrons. The Morgan fingerprint density at radius 3 is 2.06 bits per heavy atom. The molecular formula is C16H14O2. The number of carboxylic acids is 1. The van der Waals surface area contributed by atoms with Crippen molar-refractivity contribution >= 4 is 11.5 Å². The molecule has 0 aliphatic heterocycles. The number of benzene rings is 2. The smallest absolute Gasteiger partial charge is 0.328 e. The van der Waals surface area contributed by atoms with E-state index in [1.807, 2.05) is 60.7 Å². The molecule has 0 aliphatic rings. The van der Waals surface area contributed by atoms with Gasteiger partial charge in [-0.25, -0.2) is 4.79 Å². The van der Waals surface area contributed by atoms with Crippen LogP contribution in [-0.2, 0) is 11.2 Å². The van der Waals surface area contributed by atoms with E-state index in [0.29, 0.717) is 6.42 Å². The molecule has 1 N–H and O–H groups in total. The lowest BCUT2D eigenvalue weighted by molar-refractivity contribution is -0.131. The quantitative estimate of drug-likeness (QED) is 0.829. The molecule has 2 aromatic carbocycles. The summed E-state index contributed by atoms with van der Waals surface area (Å²) in [5.41, 5.74) is 2.87.